The normalized spacial score (nSPS) is 18.4. The first-order chi connectivity index (χ1) is 9.24. The van der Waals surface area contributed by atoms with Crippen LogP contribution in [0.1, 0.15) is 24.8 Å². The summed E-state index contributed by atoms with van der Waals surface area (Å²) in [6.45, 7) is 1.25. The molecule has 0 spiro atoms. The maximum atomic E-state index is 6.25. The van der Waals surface area contributed by atoms with Gasteiger partial charge < -0.3 is 15.2 Å². The Morgan fingerprint density at radius 1 is 1.11 bits per heavy atom. The predicted molar refractivity (Wildman–Crippen MR) is 74.5 cm³/mol. The van der Waals surface area contributed by atoms with Crippen LogP contribution in [0, 0.1) is 0 Å². The highest BCUT2D eigenvalue weighted by molar-refractivity contribution is 6.32. The van der Waals surface area contributed by atoms with Crippen LogP contribution in [0.5, 0.6) is 11.5 Å². The Balaban J connectivity index is 2.00. The summed E-state index contributed by atoms with van der Waals surface area (Å²) in [7, 11) is 0. The van der Waals surface area contributed by atoms with Crippen LogP contribution >= 0.6 is 11.6 Å². The largest absolute Gasteiger partial charge is 0.489 e. The molecule has 6 heteroatoms. The molecule has 0 fully saturated rings. The number of nitrogens with two attached hydrogens (primary N) is 1. The highest BCUT2D eigenvalue weighted by Crippen LogP contribution is 2.38. The van der Waals surface area contributed by atoms with Crippen molar-refractivity contribution in [2.45, 2.75) is 19.3 Å². The van der Waals surface area contributed by atoms with Crippen LogP contribution < -0.4 is 15.2 Å². The Kier molecular flexibility index (Phi) is 3.29. The molecule has 1 aromatic rings. The third-order valence-electron chi connectivity index (χ3n) is 3.05. The molecule has 2 aliphatic heterocycles. The molecule has 0 aromatic heterocycles. The lowest BCUT2D eigenvalue weighted by Crippen LogP contribution is -2.17. The number of amidine groups is 1. The quantitative estimate of drug-likeness (QED) is 0.858. The molecule has 0 amide bonds. The number of hydrogen-bond acceptors (Lipinski definition) is 5. The first-order valence-electron chi connectivity index (χ1n) is 6.22. The Bertz CT molecular complexity index is 569. The third-order valence-corrected chi connectivity index (χ3v) is 3.33. The van der Waals surface area contributed by atoms with E-state index in [1.807, 2.05) is 12.1 Å². The fourth-order valence-electron chi connectivity index (χ4n) is 2.07. The van der Waals surface area contributed by atoms with Crippen molar-refractivity contribution in [2.75, 3.05) is 13.2 Å². The molecule has 5 nitrogen and oxygen atoms in total. The van der Waals surface area contributed by atoms with Crippen LogP contribution in [-0.4, -0.2) is 24.8 Å². The van der Waals surface area contributed by atoms with E-state index < -0.39 is 0 Å². The zero-order chi connectivity index (χ0) is 13.2. The van der Waals surface area contributed by atoms with Gasteiger partial charge in [-0.2, -0.15) is 5.10 Å². The molecule has 3 rings (SSSR count). The van der Waals surface area contributed by atoms with Crippen molar-refractivity contribution in [3.63, 3.8) is 0 Å². The van der Waals surface area contributed by atoms with Gasteiger partial charge in [-0.15, -0.1) is 5.10 Å². The van der Waals surface area contributed by atoms with E-state index in [1.165, 1.54) is 0 Å². The molecule has 19 heavy (non-hydrogen) atoms. The van der Waals surface area contributed by atoms with Gasteiger partial charge in [0.2, 0.25) is 0 Å². The van der Waals surface area contributed by atoms with E-state index in [0.717, 1.165) is 24.1 Å². The van der Waals surface area contributed by atoms with E-state index in [1.54, 1.807) is 0 Å². The maximum absolute atomic E-state index is 6.25. The minimum atomic E-state index is 0.541. The van der Waals surface area contributed by atoms with Crippen molar-refractivity contribution >= 4 is 23.1 Å². The molecule has 1 aromatic carbocycles. The lowest BCUT2D eigenvalue weighted by Gasteiger charge is -2.14. The third kappa shape index (κ3) is 2.51. The van der Waals surface area contributed by atoms with Crippen molar-refractivity contribution in [1.29, 1.82) is 0 Å². The average molecular weight is 280 g/mol. The molecule has 0 aliphatic carbocycles. The van der Waals surface area contributed by atoms with E-state index in [9.17, 15) is 0 Å². The van der Waals surface area contributed by atoms with Crippen molar-refractivity contribution in [2.24, 2.45) is 15.9 Å². The van der Waals surface area contributed by atoms with Crippen molar-refractivity contribution < 1.29 is 9.47 Å². The molecule has 100 valence electrons. The van der Waals surface area contributed by atoms with E-state index >= 15 is 0 Å². The van der Waals surface area contributed by atoms with Crippen molar-refractivity contribution in [1.82, 2.24) is 0 Å². The van der Waals surface area contributed by atoms with E-state index in [0.29, 0.717) is 42.0 Å². The number of benzene rings is 1. The lowest BCUT2D eigenvalue weighted by molar-refractivity contribution is 0.297. The zero-order valence-corrected chi connectivity index (χ0v) is 11.1. The molecule has 0 saturated carbocycles. The Labute approximate surface area is 116 Å². The monoisotopic (exact) mass is 279 g/mol. The van der Waals surface area contributed by atoms with Gasteiger partial charge in [0.15, 0.2) is 11.5 Å². The highest BCUT2D eigenvalue weighted by atomic mass is 35.5. The number of rotatable bonds is 1. The van der Waals surface area contributed by atoms with Gasteiger partial charge in [-0.3, -0.25) is 0 Å². The molecular weight excluding hydrogens is 266 g/mol. The smallest absolute Gasteiger partial charge is 0.179 e. The molecular formula is C13H14ClN3O2. The minimum Gasteiger partial charge on any atom is -0.489 e. The Morgan fingerprint density at radius 2 is 1.95 bits per heavy atom. The SMILES string of the molecule is NC1=NN=C(c2cc(Cl)c3c(c2)OCCCO3)CC1. The number of fused-ring (bicyclic) bond motifs is 1. The molecule has 0 saturated heterocycles. The van der Waals surface area contributed by atoms with Crippen LogP contribution in [0.25, 0.3) is 0 Å². The number of hydrogen-bond donors (Lipinski definition) is 1. The molecule has 0 radical (unpaired) electrons. The van der Waals surface area contributed by atoms with E-state index in [4.69, 9.17) is 26.8 Å². The fraction of sp³-hybridized carbons (Fsp3) is 0.385. The van der Waals surface area contributed by atoms with Gasteiger partial charge >= 0.3 is 0 Å². The fourth-order valence-corrected chi connectivity index (χ4v) is 2.34. The molecule has 2 N–H and O–H groups in total. The van der Waals surface area contributed by atoms with Crippen molar-refractivity contribution in [3.8, 4) is 11.5 Å². The first kappa shape index (κ1) is 12.3. The molecule has 0 bridgehead atoms. The highest BCUT2D eigenvalue weighted by Gasteiger charge is 2.18. The maximum Gasteiger partial charge on any atom is 0.179 e. The summed E-state index contributed by atoms with van der Waals surface area (Å²) in [5.41, 5.74) is 7.38. The summed E-state index contributed by atoms with van der Waals surface area (Å²) in [6.07, 6.45) is 2.32. The predicted octanol–water partition coefficient (Wildman–Crippen LogP) is 2.36. The summed E-state index contributed by atoms with van der Waals surface area (Å²) in [4.78, 5) is 0. The number of ether oxygens (including phenoxy) is 2. The van der Waals surface area contributed by atoms with Gasteiger partial charge in [0.25, 0.3) is 0 Å². The second-order valence-electron chi connectivity index (χ2n) is 4.47. The van der Waals surface area contributed by atoms with E-state index in [-0.39, 0.29) is 0 Å². The van der Waals surface area contributed by atoms with Crippen molar-refractivity contribution in [3.05, 3.63) is 22.7 Å². The molecule has 2 heterocycles. The van der Waals surface area contributed by atoms with Crippen LogP contribution in [-0.2, 0) is 0 Å². The van der Waals surface area contributed by atoms with Crippen LogP contribution in [0.2, 0.25) is 5.02 Å². The summed E-state index contributed by atoms with van der Waals surface area (Å²) < 4.78 is 11.3. The zero-order valence-electron chi connectivity index (χ0n) is 10.4. The second-order valence-corrected chi connectivity index (χ2v) is 4.88. The summed E-state index contributed by atoms with van der Waals surface area (Å²) in [5.74, 6) is 1.84. The number of nitrogens with zero attached hydrogens (tertiary/aromatic N) is 2. The lowest BCUT2D eigenvalue weighted by atomic mass is 10.0. The van der Waals surface area contributed by atoms with Gasteiger partial charge in [0.05, 0.1) is 23.9 Å². The van der Waals surface area contributed by atoms with Crippen LogP contribution in [0.15, 0.2) is 22.3 Å². The summed E-state index contributed by atoms with van der Waals surface area (Å²) in [6, 6.07) is 3.74. The van der Waals surface area contributed by atoms with Crippen LogP contribution in [0.3, 0.4) is 0 Å². The first-order valence-corrected chi connectivity index (χ1v) is 6.60. The minimum absolute atomic E-state index is 0.541. The number of halogens is 1. The summed E-state index contributed by atoms with van der Waals surface area (Å²) in [5, 5.41) is 8.58. The van der Waals surface area contributed by atoms with Gasteiger partial charge in [-0.05, 0) is 18.6 Å². The topological polar surface area (TPSA) is 69.2 Å². The Hall–Kier alpha value is -1.75. The van der Waals surface area contributed by atoms with Gasteiger partial charge in [-0.1, -0.05) is 11.6 Å². The Morgan fingerprint density at radius 3 is 2.74 bits per heavy atom. The average Bonchev–Trinajstić information content (AvgIpc) is 2.65. The second kappa shape index (κ2) is 5.09. The molecule has 0 unspecified atom stereocenters. The van der Waals surface area contributed by atoms with Gasteiger partial charge in [0.1, 0.15) is 5.84 Å². The van der Waals surface area contributed by atoms with Crippen LogP contribution in [0.4, 0.5) is 0 Å². The standard InChI is InChI=1S/C13H14ClN3O2/c14-9-6-8(10-2-3-12(15)17-16-10)7-11-13(9)19-5-1-4-18-11/h6-7H,1-5H2,(H2,15,17). The van der Waals surface area contributed by atoms with E-state index in [2.05, 4.69) is 10.2 Å². The van der Waals surface area contributed by atoms with Gasteiger partial charge in [-0.25, -0.2) is 0 Å². The van der Waals surface area contributed by atoms with Gasteiger partial charge in [0, 0.05) is 18.4 Å². The molecule has 2 aliphatic rings. The molecule has 0 atom stereocenters. The summed E-state index contributed by atoms with van der Waals surface area (Å²) >= 11 is 6.25.